The summed E-state index contributed by atoms with van der Waals surface area (Å²) in [7, 11) is -4.11. The van der Waals surface area contributed by atoms with Crippen LogP contribution in [0.1, 0.15) is 26.3 Å². The van der Waals surface area contributed by atoms with Crippen LogP contribution in [-0.4, -0.2) is 43.8 Å². The fourth-order valence-corrected chi connectivity index (χ4v) is 5.26. The van der Waals surface area contributed by atoms with Crippen molar-refractivity contribution < 1.29 is 18.0 Å². The van der Waals surface area contributed by atoms with E-state index in [0.717, 1.165) is 9.87 Å². The van der Waals surface area contributed by atoms with Gasteiger partial charge in [-0.2, -0.15) is 0 Å². The Bertz CT molecular complexity index is 1280. The zero-order valence-corrected chi connectivity index (χ0v) is 22.0. The van der Waals surface area contributed by atoms with Gasteiger partial charge in [-0.25, -0.2) is 8.42 Å². The van der Waals surface area contributed by atoms with E-state index in [1.54, 1.807) is 43.3 Å². The molecule has 1 unspecified atom stereocenters. The minimum Gasteiger partial charge on any atom is -0.352 e. The number of halogens is 1. The molecule has 0 heterocycles. The minimum atomic E-state index is -4.11. The number of rotatable bonds is 10. The lowest BCUT2D eigenvalue weighted by Gasteiger charge is -2.32. The highest BCUT2D eigenvalue weighted by Crippen LogP contribution is 2.26. The standard InChI is InChI=1S/C27H30ClN3O4S/c1-20(2)29-27(33)21(3)30(18-22-11-6-4-7-12-22)26(32)19-31(24-14-10-13-23(28)17-24)36(34,35)25-15-8-5-9-16-25/h4-17,20-21H,18-19H2,1-3H3,(H,29,33). The van der Waals surface area contributed by atoms with E-state index in [9.17, 15) is 18.0 Å². The minimum absolute atomic E-state index is 0.0398. The zero-order chi connectivity index (χ0) is 26.3. The van der Waals surface area contributed by atoms with E-state index in [4.69, 9.17) is 11.6 Å². The van der Waals surface area contributed by atoms with Gasteiger partial charge >= 0.3 is 0 Å². The van der Waals surface area contributed by atoms with Gasteiger partial charge in [0.25, 0.3) is 10.0 Å². The number of benzene rings is 3. The molecule has 0 spiro atoms. The van der Waals surface area contributed by atoms with Gasteiger partial charge in [0, 0.05) is 17.6 Å². The lowest BCUT2D eigenvalue weighted by Crippen LogP contribution is -2.52. The Kier molecular flexibility index (Phi) is 9.12. The van der Waals surface area contributed by atoms with Crippen LogP contribution in [0.2, 0.25) is 5.02 Å². The summed E-state index contributed by atoms with van der Waals surface area (Å²) in [5.41, 5.74) is 1.06. The molecule has 0 aliphatic carbocycles. The van der Waals surface area contributed by atoms with Crippen LogP contribution >= 0.6 is 11.6 Å². The predicted octanol–water partition coefficient (Wildman–Crippen LogP) is 4.48. The van der Waals surface area contributed by atoms with Crippen LogP contribution in [0.3, 0.4) is 0 Å². The van der Waals surface area contributed by atoms with Crippen molar-refractivity contribution >= 4 is 39.1 Å². The number of carbonyl (C=O) groups excluding carboxylic acids is 2. The van der Waals surface area contributed by atoms with Gasteiger partial charge in [-0.1, -0.05) is 66.2 Å². The molecule has 7 nitrogen and oxygen atoms in total. The molecule has 0 aliphatic heterocycles. The van der Waals surface area contributed by atoms with Crippen molar-refractivity contribution in [2.75, 3.05) is 10.8 Å². The average molecular weight is 528 g/mol. The number of nitrogens with one attached hydrogen (secondary N) is 1. The van der Waals surface area contributed by atoms with Crippen LogP contribution in [0.4, 0.5) is 5.69 Å². The second kappa shape index (κ2) is 12.1. The molecular weight excluding hydrogens is 498 g/mol. The Morgan fingerprint density at radius 1 is 0.889 bits per heavy atom. The second-order valence-corrected chi connectivity index (χ2v) is 10.9. The lowest BCUT2D eigenvalue weighted by atomic mass is 10.1. The third-order valence-electron chi connectivity index (χ3n) is 5.50. The van der Waals surface area contributed by atoms with Crippen molar-refractivity contribution in [3.05, 3.63) is 95.5 Å². The second-order valence-electron chi connectivity index (χ2n) is 8.65. The summed E-state index contributed by atoms with van der Waals surface area (Å²) in [4.78, 5) is 28.0. The lowest BCUT2D eigenvalue weighted by molar-refractivity contribution is -0.139. The van der Waals surface area contributed by atoms with Crippen LogP contribution < -0.4 is 9.62 Å². The molecule has 1 N–H and O–H groups in total. The number of carbonyl (C=O) groups is 2. The number of amides is 2. The van der Waals surface area contributed by atoms with E-state index >= 15 is 0 Å². The summed E-state index contributed by atoms with van der Waals surface area (Å²) in [6.45, 7) is 4.93. The summed E-state index contributed by atoms with van der Waals surface area (Å²) in [6.07, 6.45) is 0. The zero-order valence-electron chi connectivity index (χ0n) is 20.5. The summed E-state index contributed by atoms with van der Waals surface area (Å²) >= 11 is 6.16. The van der Waals surface area contributed by atoms with Crippen LogP contribution in [0, 0.1) is 0 Å². The van der Waals surface area contributed by atoms with Crippen molar-refractivity contribution in [2.45, 2.75) is 44.3 Å². The topological polar surface area (TPSA) is 86.8 Å². The Labute approximate surface area is 217 Å². The molecule has 2 amide bonds. The fourth-order valence-electron chi connectivity index (χ4n) is 3.65. The van der Waals surface area contributed by atoms with Crippen LogP contribution in [0.5, 0.6) is 0 Å². The molecule has 0 radical (unpaired) electrons. The molecule has 3 rings (SSSR count). The quantitative estimate of drug-likeness (QED) is 0.421. The van der Waals surface area contributed by atoms with Gasteiger partial charge in [0.15, 0.2) is 0 Å². The number of hydrogen-bond donors (Lipinski definition) is 1. The SMILES string of the molecule is CC(C)NC(=O)C(C)N(Cc1ccccc1)C(=O)CN(c1cccc(Cl)c1)S(=O)(=O)c1ccccc1. The highest BCUT2D eigenvalue weighted by atomic mass is 35.5. The first-order valence-electron chi connectivity index (χ1n) is 11.6. The summed E-state index contributed by atoms with van der Waals surface area (Å²) in [5.74, 6) is -0.848. The molecule has 0 aromatic heterocycles. The molecule has 0 aliphatic rings. The van der Waals surface area contributed by atoms with Gasteiger partial charge in [0.2, 0.25) is 11.8 Å². The number of anilines is 1. The molecular formula is C27H30ClN3O4S. The molecule has 36 heavy (non-hydrogen) atoms. The third kappa shape index (κ3) is 6.86. The molecule has 3 aromatic rings. The molecule has 3 aromatic carbocycles. The van der Waals surface area contributed by atoms with Crippen molar-refractivity contribution in [1.29, 1.82) is 0 Å². The Balaban J connectivity index is 2.01. The molecule has 190 valence electrons. The highest BCUT2D eigenvalue weighted by molar-refractivity contribution is 7.92. The molecule has 9 heteroatoms. The number of sulfonamides is 1. The highest BCUT2D eigenvalue weighted by Gasteiger charge is 2.32. The van der Waals surface area contributed by atoms with E-state index in [1.165, 1.54) is 23.1 Å². The maximum atomic E-state index is 13.7. The number of nitrogens with zero attached hydrogens (tertiary/aromatic N) is 2. The van der Waals surface area contributed by atoms with Gasteiger partial charge in [0.05, 0.1) is 10.6 Å². The Morgan fingerprint density at radius 3 is 2.08 bits per heavy atom. The Morgan fingerprint density at radius 2 is 1.50 bits per heavy atom. The fraction of sp³-hybridized carbons (Fsp3) is 0.259. The summed E-state index contributed by atoms with van der Waals surface area (Å²) in [6, 6.07) is 22.5. The maximum absolute atomic E-state index is 13.7. The predicted molar refractivity (Wildman–Crippen MR) is 142 cm³/mol. The molecule has 0 saturated carbocycles. The van der Waals surface area contributed by atoms with E-state index < -0.39 is 28.5 Å². The first-order chi connectivity index (χ1) is 17.1. The van der Waals surface area contributed by atoms with E-state index in [-0.39, 0.29) is 29.1 Å². The first kappa shape index (κ1) is 27.2. The molecule has 0 bridgehead atoms. The van der Waals surface area contributed by atoms with E-state index in [1.807, 2.05) is 44.2 Å². The molecule has 0 saturated heterocycles. The largest absolute Gasteiger partial charge is 0.352 e. The van der Waals surface area contributed by atoms with Gasteiger partial charge < -0.3 is 10.2 Å². The third-order valence-corrected chi connectivity index (χ3v) is 7.52. The van der Waals surface area contributed by atoms with Crippen molar-refractivity contribution in [1.82, 2.24) is 10.2 Å². The molecule has 0 fully saturated rings. The van der Waals surface area contributed by atoms with E-state index in [0.29, 0.717) is 5.02 Å². The van der Waals surface area contributed by atoms with Crippen LogP contribution in [-0.2, 0) is 26.2 Å². The van der Waals surface area contributed by atoms with E-state index in [2.05, 4.69) is 5.32 Å². The van der Waals surface area contributed by atoms with Crippen molar-refractivity contribution in [2.24, 2.45) is 0 Å². The average Bonchev–Trinajstić information content (AvgIpc) is 2.86. The molecule has 1 atom stereocenters. The number of hydrogen-bond acceptors (Lipinski definition) is 4. The normalized spacial score (nSPS) is 12.1. The summed E-state index contributed by atoms with van der Waals surface area (Å²) < 4.78 is 28.3. The van der Waals surface area contributed by atoms with Gasteiger partial charge in [0.1, 0.15) is 12.6 Å². The van der Waals surface area contributed by atoms with Crippen LogP contribution in [0.15, 0.2) is 89.8 Å². The summed E-state index contributed by atoms with van der Waals surface area (Å²) in [5, 5.41) is 3.16. The first-order valence-corrected chi connectivity index (χ1v) is 13.4. The monoisotopic (exact) mass is 527 g/mol. The van der Waals surface area contributed by atoms with Crippen molar-refractivity contribution in [3.63, 3.8) is 0 Å². The smallest absolute Gasteiger partial charge is 0.264 e. The Hall–Kier alpha value is -3.36. The van der Waals surface area contributed by atoms with Gasteiger partial charge in [-0.05, 0) is 56.7 Å². The van der Waals surface area contributed by atoms with Crippen LogP contribution in [0.25, 0.3) is 0 Å². The van der Waals surface area contributed by atoms with Gasteiger partial charge in [-0.15, -0.1) is 0 Å². The van der Waals surface area contributed by atoms with Crippen molar-refractivity contribution in [3.8, 4) is 0 Å². The van der Waals surface area contributed by atoms with Gasteiger partial charge in [-0.3, -0.25) is 13.9 Å². The maximum Gasteiger partial charge on any atom is 0.264 e.